The lowest BCUT2D eigenvalue weighted by Gasteiger charge is -2.22. The number of allylic oxidation sites excluding steroid dienone is 3. The largest absolute Gasteiger partial charge is 0.319 e. The van der Waals surface area contributed by atoms with Crippen molar-refractivity contribution in [3.63, 3.8) is 0 Å². The van der Waals surface area contributed by atoms with E-state index >= 15 is 0 Å². The van der Waals surface area contributed by atoms with Gasteiger partial charge in [0.25, 0.3) is 5.92 Å². The van der Waals surface area contributed by atoms with Crippen molar-refractivity contribution in [3.05, 3.63) is 35.2 Å². The molecule has 0 spiro atoms. The molecule has 0 heterocycles. The van der Waals surface area contributed by atoms with Crippen LogP contribution in [0.25, 0.3) is 0 Å². The molecule has 2 atom stereocenters. The van der Waals surface area contributed by atoms with Gasteiger partial charge in [0.15, 0.2) is 5.83 Å². The van der Waals surface area contributed by atoms with Gasteiger partial charge in [-0.05, 0) is 11.6 Å². The molecule has 0 aromatic carbocycles. The van der Waals surface area contributed by atoms with Gasteiger partial charge in [-0.25, -0.2) is 13.3 Å². The van der Waals surface area contributed by atoms with Crippen LogP contribution in [-0.2, 0) is 11.3 Å². The van der Waals surface area contributed by atoms with E-state index in [4.69, 9.17) is 4.55 Å². The summed E-state index contributed by atoms with van der Waals surface area (Å²) in [5.41, 5.74) is -2.18. The Labute approximate surface area is 100 Å². The Morgan fingerprint density at radius 1 is 1.33 bits per heavy atom. The van der Waals surface area contributed by atoms with Crippen molar-refractivity contribution < 1.29 is 30.7 Å². The Morgan fingerprint density at radius 2 is 1.94 bits per heavy atom. The zero-order chi connectivity index (χ0) is 13.7. The van der Waals surface area contributed by atoms with E-state index in [1.165, 1.54) is 4.72 Å². The van der Waals surface area contributed by atoms with Gasteiger partial charge >= 0.3 is 5.92 Å². The third-order valence-corrected chi connectivity index (χ3v) is 3.05. The summed E-state index contributed by atoms with van der Waals surface area (Å²) in [6.07, 6.45) is 1.93. The summed E-state index contributed by atoms with van der Waals surface area (Å²) in [5, 5.41) is 0. The maximum atomic E-state index is 13.5. The topological polar surface area (TPSA) is 49.3 Å². The van der Waals surface area contributed by atoms with Gasteiger partial charge in [-0.1, -0.05) is 12.2 Å². The van der Waals surface area contributed by atoms with Crippen LogP contribution in [0.4, 0.5) is 22.0 Å². The molecule has 0 aliphatic heterocycles. The molecule has 2 N–H and O–H groups in total. The van der Waals surface area contributed by atoms with Crippen LogP contribution in [0.3, 0.4) is 0 Å². The molecule has 0 aromatic heterocycles. The van der Waals surface area contributed by atoms with Gasteiger partial charge in [0.1, 0.15) is 6.04 Å². The first kappa shape index (κ1) is 13.4. The highest BCUT2D eigenvalue weighted by Gasteiger charge is 2.60. The molecule has 0 radical (unpaired) electrons. The lowest BCUT2D eigenvalue weighted by molar-refractivity contribution is 0.00573. The van der Waals surface area contributed by atoms with E-state index in [1.807, 2.05) is 0 Å². The summed E-state index contributed by atoms with van der Waals surface area (Å²) in [6.45, 7) is 0. The molecule has 2 unspecified atom stereocenters. The number of rotatable bonds is 2. The van der Waals surface area contributed by atoms with Crippen LogP contribution in [0.15, 0.2) is 35.2 Å². The lowest BCUT2D eigenvalue weighted by atomic mass is 9.95. The maximum Gasteiger partial charge on any atom is 0.319 e. The van der Waals surface area contributed by atoms with Crippen molar-refractivity contribution >= 4 is 11.3 Å². The zero-order valence-electron chi connectivity index (χ0n) is 8.46. The Kier molecular flexibility index (Phi) is 2.95. The van der Waals surface area contributed by atoms with Crippen molar-refractivity contribution in [2.24, 2.45) is 0 Å². The predicted octanol–water partition coefficient (Wildman–Crippen LogP) is 2.09. The second kappa shape index (κ2) is 3.97. The Hall–Kier alpha value is -1.06. The van der Waals surface area contributed by atoms with Crippen LogP contribution in [0, 0.1) is 0 Å². The number of hydrogen-bond acceptors (Lipinski definition) is 1. The summed E-state index contributed by atoms with van der Waals surface area (Å²) in [7, 11) is 0. The SMILES string of the molecule is O=S(O)NC1C2=CC=CC(F)(F)C2=C(F)C1(F)F. The van der Waals surface area contributed by atoms with Crippen LogP contribution in [0.2, 0.25) is 0 Å². The minimum atomic E-state index is -4.30. The van der Waals surface area contributed by atoms with Crippen LogP contribution in [0.1, 0.15) is 0 Å². The summed E-state index contributed by atoms with van der Waals surface area (Å²) in [6, 6.07) is -2.30. The molecule has 0 saturated carbocycles. The fraction of sp³-hybridized carbons (Fsp3) is 0.333. The highest BCUT2D eigenvalue weighted by Crippen LogP contribution is 2.51. The highest BCUT2D eigenvalue weighted by molar-refractivity contribution is 7.77. The second-order valence-electron chi connectivity index (χ2n) is 3.72. The molecule has 2 aliphatic rings. The quantitative estimate of drug-likeness (QED) is 0.603. The van der Waals surface area contributed by atoms with Crippen molar-refractivity contribution in [3.8, 4) is 0 Å². The molecule has 0 amide bonds. The number of hydrogen-bond donors (Lipinski definition) is 2. The van der Waals surface area contributed by atoms with E-state index in [0.717, 1.165) is 12.2 Å². The Balaban J connectivity index is 2.55. The van der Waals surface area contributed by atoms with Gasteiger partial charge in [0, 0.05) is 0 Å². The van der Waals surface area contributed by atoms with Crippen LogP contribution >= 0.6 is 0 Å². The van der Waals surface area contributed by atoms with E-state index < -0.39 is 46.1 Å². The first-order valence-electron chi connectivity index (χ1n) is 4.61. The molecule has 2 aliphatic carbocycles. The van der Waals surface area contributed by atoms with E-state index in [0.29, 0.717) is 0 Å². The van der Waals surface area contributed by atoms with Gasteiger partial charge in [-0.3, -0.25) is 4.55 Å². The van der Waals surface area contributed by atoms with Gasteiger partial charge in [-0.15, -0.1) is 0 Å². The van der Waals surface area contributed by atoms with E-state index in [9.17, 15) is 26.2 Å². The molecular formula is C9H6F5NO2S. The average molecular weight is 287 g/mol. The molecule has 0 bridgehead atoms. The number of fused-ring (bicyclic) bond motifs is 1. The standard InChI is InChI=1S/C9H6F5NO2S/c10-6-5-4(2-1-3-8(5,11)12)7(9(6,13)14)15-18(16)17/h1-3,7,15H,(H,16,17). The van der Waals surface area contributed by atoms with Gasteiger partial charge in [0.05, 0.1) is 5.57 Å². The minimum absolute atomic E-state index is 0.278. The van der Waals surface area contributed by atoms with Crippen molar-refractivity contribution in [1.29, 1.82) is 0 Å². The molecule has 2 rings (SSSR count). The predicted molar refractivity (Wildman–Crippen MR) is 52.9 cm³/mol. The smallest absolute Gasteiger partial charge is 0.294 e. The lowest BCUT2D eigenvalue weighted by Crippen LogP contribution is -2.44. The first-order chi connectivity index (χ1) is 8.18. The van der Waals surface area contributed by atoms with E-state index in [2.05, 4.69) is 0 Å². The van der Waals surface area contributed by atoms with E-state index in [1.54, 1.807) is 0 Å². The number of halogens is 5. The molecule has 0 fully saturated rings. The van der Waals surface area contributed by atoms with Crippen LogP contribution < -0.4 is 4.72 Å². The molecule has 3 nitrogen and oxygen atoms in total. The summed E-state index contributed by atoms with van der Waals surface area (Å²) >= 11 is -2.89. The Morgan fingerprint density at radius 3 is 2.50 bits per heavy atom. The van der Waals surface area contributed by atoms with E-state index in [-0.39, 0.29) is 6.08 Å². The van der Waals surface area contributed by atoms with Crippen LogP contribution in [0.5, 0.6) is 0 Å². The highest BCUT2D eigenvalue weighted by atomic mass is 32.2. The van der Waals surface area contributed by atoms with Crippen LogP contribution in [-0.4, -0.2) is 26.6 Å². The van der Waals surface area contributed by atoms with Gasteiger partial charge in [0.2, 0.25) is 11.3 Å². The maximum absolute atomic E-state index is 13.5. The molecule has 18 heavy (non-hydrogen) atoms. The average Bonchev–Trinajstić information content (AvgIpc) is 2.39. The van der Waals surface area contributed by atoms with Gasteiger partial charge in [-0.2, -0.15) is 17.6 Å². The fourth-order valence-electron chi connectivity index (χ4n) is 1.87. The summed E-state index contributed by atoms with van der Waals surface area (Å²) < 4.78 is 87.4. The first-order valence-corrected chi connectivity index (χ1v) is 5.72. The monoisotopic (exact) mass is 287 g/mol. The van der Waals surface area contributed by atoms with Crippen molar-refractivity contribution in [1.82, 2.24) is 4.72 Å². The molecule has 9 heteroatoms. The molecular weight excluding hydrogens is 281 g/mol. The molecule has 100 valence electrons. The zero-order valence-corrected chi connectivity index (χ0v) is 9.28. The number of nitrogens with one attached hydrogen (secondary N) is 1. The Bertz CT molecular complexity index is 511. The third-order valence-electron chi connectivity index (χ3n) is 2.61. The van der Waals surface area contributed by atoms with Gasteiger partial charge < -0.3 is 0 Å². The summed E-state index contributed by atoms with van der Waals surface area (Å²) in [4.78, 5) is 0. The molecule has 0 saturated heterocycles. The van der Waals surface area contributed by atoms with Crippen molar-refractivity contribution in [2.75, 3.05) is 0 Å². The summed E-state index contributed by atoms with van der Waals surface area (Å²) in [5.74, 6) is -10.5. The fourth-order valence-corrected chi connectivity index (χ4v) is 2.35. The molecule has 0 aromatic rings. The third kappa shape index (κ3) is 1.82. The minimum Gasteiger partial charge on any atom is -0.294 e. The normalized spacial score (nSPS) is 30.1. The van der Waals surface area contributed by atoms with Crippen molar-refractivity contribution in [2.45, 2.75) is 17.9 Å². The number of alkyl halides is 4. The second-order valence-corrected chi connectivity index (χ2v) is 4.45.